The van der Waals surface area contributed by atoms with Gasteiger partial charge in [0.1, 0.15) is 5.60 Å². The summed E-state index contributed by atoms with van der Waals surface area (Å²) in [6.07, 6.45) is 0. The van der Waals surface area contributed by atoms with Crippen LogP contribution in [0.5, 0.6) is 5.75 Å². The van der Waals surface area contributed by atoms with Crippen molar-refractivity contribution in [3.8, 4) is 5.75 Å². The van der Waals surface area contributed by atoms with Crippen LogP contribution in [0.3, 0.4) is 0 Å². The van der Waals surface area contributed by atoms with Crippen molar-refractivity contribution in [2.24, 2.45) is 0 Å². The molecule has 0 heterocycles. The summed E-state index contributed by atoms with van der Waals surface area (Å²) in [5.41, 5.74) is 0.725. The molecule has 1 radical (unpaired) electrons. The van der Waals surface area contributed by atoms with E-state index in [2.05, 4.69) is 6.07 Å². The van der Waals surface area contributed by atoms with Gasteiger partial charge in [-0.1, -0.05) is 18.2 Å². The van der Waals surface area contributed by atoms with Gasteiger partial charge >= 0.3 is 0 Å². The van der Waals surface area contributed by atoms with Crippen molar-refractivity contribution in [2.75, 3.05) is 0 Å². The summed E-state index contributed by atoms with van der Waals surface area (Å²) < 4.78 is 0. The van der Waals surface area contributed by atoms with E-state index in [1.807, 2.05) is 39.8 Å². The molecule has 1 aromatic rings. The lowest BCUT2D eigenvalue weighted by atomic mass is 10.2. The maximum Gasteiger partial charge on any atom is 0.176 e. The van der Waals surface area contributed by atoms with Crippen LogP contribution in [0.1, 0.15) is 26.3 Å². The topological polar surface area (TPSA) is 18.5 Å². The fourth-order valence-corrected chi connectivity index (χ4v) is 0.762. The third-order valence-corrected chi connectivity index (χ3v) is 1.39. The smallest absolute Gasteiger partial charge is 0.176 e. The molecule has 0 fully saturated rings. The summed E-state index contributed by atoms with van der Waals surface area (Å²) in [4.78, 5) is 10.3. The summed E-state index contributed by atoms with van der Waals surface area (Å²) in [6.45, 7) is 7.76. The molecule has 71 valence electrons. The normalized spacial score (nSPS) is 11.4. The summed E-state index contributed by atoms with van der Waals surface area (Å²) in [5, 5.41) is 0. The highest BCUT2D eigenvalue weighted by Gasteiger charge is 2.13. The first-order valence-corrected chi connectivity index (χ1v) is 4.32. The molecule has 0 aliphatic rings. The minimum absolute atomic E-state index is 0.296. The predicted octanol–water partition coefficient (Wildman–Crippen LogP) is 2.90. The van der Waals surface area contributed by atoms with Crippen LogP contribution in [-0.4, -0.2) is 5.60 Å². The molecular formula is C11H15O2. The van der Waals surface area contributed by atoms with Crippen LogP contribution in [0.15, 0.2) is 18.2 Å². The zero-order valence-electron chi connectivity index (χ0n) is 8.55. The third kappa shape index (κ3) is 3.47. The van der Waals surface area contributed by atoms with Gasteiger partial charge in [-0.05, 0) is 33.3 Å². The van der Waals surface area contributed by atoms with Gasteiger partial charge in [-0.15, -0.1) is 0 Å². The van der Waals surface area contributed by atoms with Gasteiger partial charge in [0.05, 0.1) is 0 Å². The van der Waals surface area contributed by atoms with E-state index in [9.17, 15) is 0 Å². The van der Waals surface area contributed by atoms with Crippen LogP contribution in [0.4, 0.5) is 0 Å². The summed E-state index contributed by atoms with van der Waals surface area (Å²) in [5.74, 6) is 0.650. The molecule has 0 saturated heterocycles. The molecule has 0 aromatic heterocycles. The highest BCUT2D eigenvalue weighted by Crippen LogP contribution is 2.18. The van der Waals surface area contributed by atoms with E-state index in [0.29, 0.717) is 5.75 Å². The second-order valence-corrected chi connectivity index (χ2v) is 3.96. The Kier molecular flexibility index (Phi) is 2.94. The van der Waals surface area contributed by atoms with Crippen molar-refractivity contribution >= 4 is 0 Å². The Bertz CT molecular complexity index is 274. The number of rotatable bonds is 2. The van der Waals surface area contributed by atoms with Crippen LogP contribution < -0.4 is 4.89 Å². The lowest BCUT2D eigenvalue weighted by molar-refractivity contribution is -0.275. The number of aryl methyl sites for hydroxylation is 1. The predicted molar refractivity (Wildman–Crippen MR) is 51.5 cm³/mol. The van der Waals surface area contributed by atoms with Gasteiger partial charge in [-0.2, -0.15) is 4.89 Å². The Morgan fingerprint density at radius 2 is 2.00 bits per heavy atom. The molecule has 2 heteroatoms. The van der Waals surface area contributed by atoms with Crippen molar-refractivity contribution < 1.29 is 9.78 Å². The molecule has 1 rings (SSSR count). The van der Waals surface area contributed by atoms with Crippen LogP contribution in [0.25, 0.3) is 0 Å². The lowest BCUT2D eigenvalue weighted by Crippen LogP contribution is -2.21. The Labute approximate surface area is 79.4 Å². The lowest BCUT2D eigenvalue weighted by Gasteiger charge is -2.18. The molecule has 0 unspecified atom stereocenters. The van der Waals surface area contributed by atoms with Crippen LogP contribution in [-0.2, 0) is 4.89 Å². The van der Waals surface area contributed by atoms with E-state index >= 15 is 0 Å². The average molecular weight is 179 g/mol. The molecule has 0 atom stereocenters. The van der Waals surface area contributed by atoms with Crippen molar-refractivity contribution in [3.63, 3.8) is 0 Å². The molecule has 13 heavy (non-hydrogen) atoms. The van der Waals surface area contributed by atoms with Gasteiger partial charge in [0, 0.05) is 6.07 Å². The molecule has 0 N–H and O–H groups in total. The highest BCUT2D eigenvalue weighted by atomic mass is 17.2. The van der Waals surface area contributed by atoms with E-state index < -0.39 is 0 Å². The Morgan fingerprint density at radius 3 is 2.54 bits per heavy atom. The van der Waals surface area contributed by atoms with E-state index in [-0.39, 0.29) is 5.60 Å². The van der Waals surface area contributed by atoms with Gasteiger partial charge in [0.25, 0.3) is 0 Å². The van der Waals surface area contributed by atoms with Crippen molar-refractivity contribution in [1.29, 1.82) is 0 Å². The summed E-state index contributed by atoms with van der Waals surface area (Å²) in [7, 11) is 0. The van der Waals surface area contributed by atoms with Crippen molar-refractivity contribution in [3.05, 3.63) is 29.8 Å². The number of hydrogen-bond acceptors (Lipinski definition) is 2. The Morgan fingerprint density at radius 1 is 1.31 bits per heavy atom. The summed E-state index contributed by atoms with van der Waals surface area (Å²) >= 11 is 0. The molecule has 1 aromatic carbocycles. The number of para-hydroxylation sites is 1. The number of hydrogen-bond donors (Lipinski definition) is 0. The zero-order valence-corrected chi connectivity index (χ0v) is 8.55. The third-order valence-electron chi connectivity index (χ3n) is 1.39. The fourth-order valence-electron chi connectivity index (χ4n) is 0.762. The second kappa shape index (κ2) is 3.79. The number of benzene rings is 1. The minimum atomic E-state index is -0.296. The molecule has 0 spiro atoms. The fraction of sp³-hybridized carbons (Fsp3) is 0.455. The van der Waals surface area contributed by atoms with Crippen LogP contribution in [0.2, 0.25) is 0 Å². The van der Waals surface area contributed by atoms with E-state index in [1.165, 1.54) is 0 Å². The molecule has 0 aliphatic carbocycles. The van der Waals surface area contributed by atoms with Gasteiger partial charge in [-0.3, -0.25) is 0 Å². The van der Waals surface area contributed by atoms with E-state index in [4.69, 9.17) is 9.78 Å². The minimum Gasteiger partial charge on any atom is -0.336 e. The van der Waals surface area contributed by atoms with Gasteiger partial charge in [0.15, 0.2) is 5.75 Å². The maximum absolute atomic E-state index is 5.16. The molecule has 0 aliphatic heterocycles. The highest BCUT2D eigenvalue weighted by molar-refractivity contribution is 5.29. The van der Waals surface area contributed by atoms with Crippen molar-refractivity contribution in [2.45, 2.75) is 33.3 Å². The monoisotopic (exact) mass is 179 g/mol. The van der Waals surface area contributed by atoms with Crippen LogP contribution >= 0.6 is 0 Å². The second-order valence-electron chi connectivity index (χ2n) is 3.96. The van der Waals surface area contributed by atoms with Crippen LogP contribution in [0, 0.1) is 13.0 Å². The first kappa shape index (κ1) is 10.1. The molecule has 0 saturated carbocycles. The van der Waals surface area contributed by atoms with Gasteiger partial charge in [0.2, 0.25) is 0 Å². The van der Waals surface area contributed by atoms with Gasteiger partial charge in [-0.25, -0.2) is 0 Å². The Hall–Kier alpha value is -1.02. The van der Waals surface area contributed by atoms with Gasteiger partial charge < -0.3 is 4.89 Å². The quantitative estimate of drug-likeness (QED) is 0.513. The molecular weight excluding hydrogens is 164 g/mol. The van der Waals surface area contributed by atoms with Crippen molar-refractivity contribution in [1.82, 2.24) is 0 Å². The molecule has 0 amide bonds. The average Bonchev–Trinajstić information content (AvgIpc) is 2.01. The van der Waals surface area contributed by atoms with E-state index in [0.717, 1.165) is 5.56 Å². The van der Waals surface area contributed by atoms with E-state index in [1.54, 1.807) is 6.07 Å². The maximum atomic E-state index is 5.16. The zero-order chi connectivity index (χ0) is 9.90. The first-order chi connectivity index (χ1) is 5.99. The molecule has 2 nitrogen and oxygen atoms in total. The SMILES string of the molecule is Cc1ccc[c]c1OOC(C)(C)C. The largest absolute Gasteiger partial charge is 0.336 e. The summed E-state index contributed by atoms with van der Waals surface area (Å²) in [6, 6.07) is 8.63. The first-order valence-electron chi connectivity index (χ1n) is 4.32. The standard InChI is InChI=1S/C11H15O2/c1-9-7-5-6-8-10(9)12-13-11(2,3)4/h5-7H,1-4H3. The molecule has 0 bridgehead atoms. The Balaban J connectivity index is 2.60.